The van der Waals surface area contributed by atoms with Gasteiger partial charge in [-0.05, 0) is 56.2 Å². The van der Waals surface area contributed by atoms with Gasteiger partial charge in [0.25, 0.3) is 11.8 Å². The van der Waals surface area contributed by atoms with E-state index < -0.39 is 18.0 Å². The fourth-order valence-electron chi connectivity index (χ4n) is 3.23. The van der Waals surface area contributed by atoms with Crippen molar-refractivity contribution in [1.82, 2.24) is 10.6 Å². The molecule has 2 aromatic rings. The molecule has 1 unspecified atom stereocenters. The van der Waals surface area contributed by atoms with Crippen molar-refractivity contribution in [2.75, 3.05) is 6.54 Å². The highest BCUT2D eigenvalue weighted by Gasteiger charge is 2.23. The number of benzene rings is 2. The molecule has 158 valence electrons. The largest absolute Gasteiger partial charge is 0.457 e. The van der Waals surface area contributed by atoms with Gasteiger partial charge in [0.15, 0.2) is 6.10 Å². The molecule has 2 N–H and O–H groups in total. The summed E-state index contributed by atoms with van der Waals surface area (Å²) >= 11 is 0. The Morgan fingerprint density at radius 1 is 0.967 bits per heavy atom. The van der Waals surface area contributed by atoms with Crippen LogP contribution in [0.2, 0.25) is 0 Å². The number of hydrogen-bond acceptors (Lipinski definition) is 5. The first kappa shape index (κ1) is 21.4. The highest BCUT2D eigenvalue weighted by atomic mass is 16.5. The third kappa shape index (κ3) is 6.34. The molecule has 0 aromatic heterocycles. The van der Waals surface area contributed by atoms with Gasteiger partial charge in [0.2, 0.25) is 0 Å². The number of nitrogens with one attached hydrogen (secondary N) is 2. The molecule has 0 heterocycles. The second kappa shape index (κ2) is 10.4. The zero-order chi connectivity index (χ0) is 21.3. The standard InChI is InChI=1S/C23H26N2O5/c1-16(22(27)25-18-7-5-6-8-18)29-21(26)15-24-23(28)17-11-13-20(14-12-17)30-19-9-3-2-4-10-19/h2-4,9-14,16,18H,5-8,15H2,1H3,(H,24,28)(H,25,27). The fraction of sp³-hybridized carbons (Fsp3) is 0.348. The van der Waals surface area contributed by atoms with Gasteiger partial charge in [0.05, 0.1) is 0 Å². The molecular formula is C23H26N2O5. The third-order valence-electron chi connectivity index (χ3n) is 4.87. The molecule has 0 aliphatic heterocycles. The molecule has 2 amide bonds. The summed E-state index contributed by atoms with van der Waals surface area (Å²) in [5.41, 5.74) is 0.384. The summed E-state index contributed by atoms with van der Waals surface area (Å²) in [5, 5.41) is 5.38. The Balaban J connectivity index is 1.41. The first-order valence-electron chi connectivity index (χ1n) is 10.1. The molecule has 3 rings (SSSR count). The number of carbonyl (C=O) groups is 3. The zero-order valence-electron chi connectivity index (χ0n) is 16.9. The van der Waals surface area contributed by atoms with Crippen LogP contribution in [0, 0.1) is 0 Å². The minimum atomic E-state index is -0.899. The summed E-state index contributed by atoms with van der Waals surface area (Å²) in [6, 6.07) is 16.0. The maximum absolute atomic E-state index is 12.2. The molecule has 1 atom stereocenters. The monoisotopic (exact) mass is 410 g/mol. The van der Waals surface area contributed by atoms with Gasteiger partial charge in [-0.3, -0.25) is 14.4 Å². The van der Waals surface area contributed by atoms with Crippen LogP contribution in [-0.4, -0.2) is 36.5 Å². The summed E-state index contributed by atoms with van der Waals surface area (Å²) in [7, 11) is 0. The fourth-order valence-corrected chi connectivity index (χ4v) is 3.23. The van der Waals surface area contributed by atoms with E-state index in [-0.39, 0.29) is 18.5 Å². The average Bonchev–Trinajstić information content (AvgIpc) is 3.26. The maximum Gasteiger partial charge on any atom is 0.326 e. The Morgan fingerprint density at radius 2 is 1.60 bits per heavy atom. The van der Waals surface area contributed by atoms with E-state index in [1.807, 2.05) is 30.3 Å². The molecule has 1 fully saturated rings. The van der Waals surface area contributed by atoms with Crippen molar-refractivity contribution in [1.29, 1.82) is 0 Å². The molecule has 1 aliphatic carbocycles. The molecular weight excluding hydrogens is 384 g/mol. The lowest BCUT2D eigenvalue weighted by molar-refractivity contribution is -0.154. The Bertz CT molecular complexity index is 861. The van der Waals surface area contributed by atoms with Gasteiger partial charge in [-0.25, -0.2) is 0 Å². The van der Waals surface area contributed by atoms with Gasteiger partial charge in [-0.15, -0.1) is 0 Å². The predicted octanol–water partition coefficient (Wildman–Crippen LogP) is 3.20. The lowest BCUT2D eigenvalue weighted by atomic mass is 10.2. The van der Waals surface area contributed by atoms with E-state index in [4.69, 9.17) is 9.47 Å². The number of rotatable bonds is 8. The van der Waals surface area contributed by atoms with Crippen LogP contribution in [-0.2, 0) is 14.3 Å². The van der Waals surface area contributed by atoms with E-state index in [1.54, 1.807) is 24.3 Å². The minimum Gasteiger partial charge on any atom is -0.457 e. The topological polar surface area (TPSA) is 93.7 Å². The normalized spacial score (nSPS) is 14.6. The Morgan fingerprint density at radius 3 is 2.27 bits per heavy atom. The van der Waals surface area contributed by atoms with Gasteiger partial charge in [0, 0.05) is 11.6 Å². The first-order valence-corrected chi connectivity index (χ1v) is 10.1. The number of hydrogen-bond donors (Lipinski definition) is 2. The van der Waals surface area contributed by atoms with Crippen molar-refractivity contribution in [3.8, 4) is 11.5 Å². The van der Waals surface area contributed by atoms with E-state index in [1.165, 1.54) is 6.92 Å². The van der Waals surface area contributed by atoms with Crippen molar-refractivity contribution in [3.63, 3.8) is 0 Å². The van der Waals surface area contributed by atoms with Crippen LogP contribution < -0.4 is 15.4 Å². The molecule has 0 radical (unpaired) electrons. The SMILES string of the molecule is CC(OC(=O)CNC(=O)c1ccc(Oc2ccccc2)cc1)C(=O)NC1CCCC1. The van der Waals surface area contributed by atoms with Gasteiger partial charge in [-0.1, -0.05) is 31.0 Å². The van der Waals surface area contributed by atoms with E-state index in [2.05, 4.69) is 10.6 Å². The Hall–Kier alpha value is -3.35. The molecule has 30 heavy (non-hydrogen) atoms. The van der Waals surface area contributed by atoms with Crippen molar-refractivity contribution < 1.29 is 23.9 Å². The highest BCUT2D eigenvalue weighted by Crippen LogP contribution is 2.21. The van der Waals surface area contributed by atoms with Crippen molar-refractivity contribution >= 4 is 17.8 Å². The van der Waals surface area contributed by atoms with Gasteiger partial charge < -0.3 is 20.1 Å². The van der Waals surface area contributed by atoms with Gasteiger partial charge in [0.1, 0.15) is 18.0 Å². The third-order valence-corrected chi connectivity index (χ3v) is 4.87. The molecule has 7 heteroatoms. The minimum absolute atomic E-state index is 0.159. The molecule has 2 aromatic carbocycles. The number of para-hydroxylation sites is 1. The number of amides is 2. The number of carbonyl (C=O) groups excluding carboxylic acids is 3. The summed E-state index contributed by atoms with van der Waals surface area (Å²) in [6.07, 6.45) is 3.22. The second-order valence-electron chi connectivity index (χ2n) is 7.24. The van der Waals surface area contributed by atoms with Crippen LogP contribution in [0.5, 0.6) is 11.5 Å². The van der Waals surface area contributed by atoms with Crippen molar-refractivity contribution in [2.24, 2.45) is 0 Å². The van der Waals surface area contributed by atoms with Crippen LogP contribution in [0.15, 0.2) is 54.6 Å². The lowest BCUT2D eigenvalue weighted by Crippen LogP contribution is -2.42. The second-order valence-corrected chi connectivity index (χ2v) is 7.24. The molecule has 7 nitrogen and oxygen atoms in total. The quantitative estimate of drug-likeness (QED) is 0.652. The van der Waals surface area contributed by atoms with Gasteiger partial charge >= 0.3 is 5.97 Å². The Kier molecular flexibility index (Phi) is 7.43. The number of ether oxygens (including phenoxy) is 2. The summed E-state index contributed by atoms with van der Waals surface area (Å²) in [5.74, 6) is -0.0962. The molecule has 0 saturated heterocycles. The van der Waals surface area contributed by atoms with E-state index >= 15 is 0 Å². The van der Waals surface area contributed by atoms with Crippen LogP contribution in [0.3, 0.4) is 0 Å². The average molecular weight is 410 g/mol. The van der Waals surface area contributed by atoms with Crippen LogP contribution in [0.4, 0.5) is 0 Å². The predicted molar refractivity (Wildman–Crippen MR) is 111 cm³/mol. The van der Waals surface area contributed by atoms with Crippen LogP contribution in [0.25, 0.3) is 0 Å². The Labute approximate surface area is 175 Å². The zero-order valence-corrected chi connectivity index (χ0v) is 16.9. The lowest BCUT2D eigenvalue weighted by Gasteiger charge is -2.17. The van der Waals surface area contributed by atoms with Crippen LogP contribution in [0.1, 0.15) is 43.0 Å². The van der Waals surface area contributed by atoms with E-state index in [0.717, 1.165) is 25.7 Å². The molecule has 1 aliphatic rings. The molecule has 0 spiro atoms. The molecule has 1 saturated carbocycles. The first-order chi connectivity index (χ1) is 14.5. The van der Waals surface area contributed by atoms with Crippen LogP contribution >= 0.6 is 0 Å². The summed E-state index contributed by atoms with van der Waals surface area (Å²) in [4.78, 5) is 36.3. The van der Waals surface area contributed by atoms with Gasteiger partial charge in [-0.2, -0.15) is 0 Å². The van der Waals surface area contributed by atoms with E-state index in [9.17, 15) is 14.4 Å². The molecule has 0 bridgehead atoms. The summed E-state index contributed by atoms with van der Waals surface area (Å²) in [6.45, 7) is 1.21. The smallest absolute Gasteiger partial charge is 0.326 e. The number of esters is 1. The summed E-state index contributed by atoms with van der Waals surface area (Å²) < 4.78 is 10.8. The maximum atomic E-state index is 12.2. The highest BCUT2D eigenvalue weighted by molar-refractivity contribution is 5.96. The van der Waals surface area contributed by atoms with Crippen molar-refractivity contribution in [3.05, 3.63) is 60.2 Å². The van der Waals surface area contributed by atoms with E-state index in [0.29, 0.717) is 17.1 Å². The van der Waals surface area contributed by atoms with Crippen molar-refractivity contribution in [2.45, 2.75) is 44.8 Å².